The molecule has 0 atom stereocenters. The van der Waals surface area contributed by atoms with Gasteiger partial charge in [-0.25, -0.2) is 0 Å². The van der Waals surface area contributed by atoms with Crippen LogP contribution in [0.3, 0.4) is 0 Å². The third-order valence-electron chi connectivity index (χ3n) is 3.57. The largest absolute Gasteiger partial charge is 0.456 e. The summed E-state index contributed by atoms with van der Waals surface area (Å²) < 4.78 is 16.4. The molecule has 0 aromatic carbocycles. The summed E-state index contributed by atoms with van der Waals surface area (Å²) in [5.74, 6) is 1.22. The smallest absolute Gasteiger partial charge is 0.287 e. The molecule has 0 unspecified atom stereocenters. The maximum Gasteiger partial charge on any atom is 0.287 e. The van der Waals surface area contributed by atoms with E-state index in [-0.39, 0.29) is 11.9 Å². The van der Waals surface area contributed by atoms with E-state index in [4.69, 9.17) is 13.9 Å². The molecule has 1 saturated heterocycles. The van der Waals surface area contributed by atoms with Crippen molar-refractivity contribution in [1.82, 2.24) is 5.32 Å². The van der Waals surface area contributed by atoms with E-state index in [0.717, 1.165) is 25.0 Å². The average Bonchev–Trinajstić information content (AvgIpc) is 2.70. The molecule has 1 aromatic rings. The highest BCUT2D eigenvalue weighted by Gasteiger charge is 2.22. The molecule has 0 saturated carbocycles. The van der Waals surface area contributed by atoms with Crippen molar-refractivity contribution < 1.29 is 18.7 Å². The van der Waals surface area contributed by atoms with E-state index < -0.39 is 0 Å². The molecule has 1 fully saturated rings. The van der Waals surface area contributed by atoms with E-state index in [1.54, 1.807) is 0 Å². The van der Waals surface area contributed by atoms with Gasteiger partial charge in [0.05, 0.1) is 32.5 Å². The number of furan rings is 1. The van der Waals surface area contributed by atoms with Crippen molar-refractivity contribution in [2.45, 2.75) is 31.7 Å². The highest BCUT2D eigenvalue weighted by molar-refractivity contribution is 5.92. The van der Waals surface area contributed by atoms with Crippen molar-refractivity contribution in [3.63, 3.8) is 0 Å². The van der Waals surface area contributed by atoms with Crippen LogP contribution in [0.25, 0.3) is 0 Å². The molecule has 5 heteroatoms. The highest BCUT2D eigenvalue weighted by atomic mass is 16.5. The molecular formula is C14H19NO4. The first-order valence-electron chi connectivity index (χ1n) is 6.91. The molecule has 1 amide bonds. The monoisotopic (exact) mass is 265 g/mol. The van der Waals surface area contributed by atoms with Gasteiger partial charge in [0.1, 0.15) is 5.76 Å². The number of aryl methyl sites for hydroxylation is 2. The van der Waals surface area contributed by atoms with E-state index in [0.29, 0.717) is 32.2 Å². The van der Waals surface area contributed by atoms with Crippen LogP contribution in [0.5, 0.6) is 0 Å². The summed E-state index contributed by atoms with van der Waals surface area (Å²) in [6, 6.07) is 1.78. The van der Waals surface area contributed by atoms with E-state index in [2.05, 4.69) is 5.32 Å². The van der Waals surface area contributed by atoms with Crippen molar-refractivity contribution in [3.05, 3.63) is 23.2 Å². The second-order valence-corrected chi connectivity index (χ2v) is 5.09. The minimum atomic E-state index is -0.173. The molecule has 19 heavy (non-hydrogen) atoms. The zero-order valence-corrected chi connectivity index (χ0v) is 10.9. The van der Waals surface area contributed by atoms with E-state index in [1.165, 1.54) is 12.0 Å². The fraction of sp³-hybridized carbons (Fsp3) is 0.643. The third-order valence-corrected chi connectivity index (χ3v) is 3.57. The highest BCUT2D eigenvalue weighted by Crippen LogP contribution is 2.24. The second-order valence-electron chi connectivity index (χ2n) is 5.09. The Hall–Kier alpha value is -1.33. The lowest BCUT2D eigenvalue weighted by molar-refractivity contribution is 0.0847. The fourth-order valence-corrected chi connectivity index (χ4v) is 2.56. The number of fused-ring (bicyclic) bond motifs is 1. The number of ether oxygens (including phenoxy) is 2. The summed E-state index contributed by atoms with van der Waals surface area (Å²) in [7, 11) is 0. The minimum Gasteiger partial charge on any atom is -0.456 e. The SMILES string of the molecule is O=C(NC1COCCOC1)c1cc2c(o1)CCCC2. The van der Waals surface area contributed by atoms with Gasteiger partial charge in [-0.2, -0.15) is 0 Å². The Kier molecular flexibility index (Phi) is 3.84. The molecule has 1 aromatic heterocycles. The van der Waals surface area contributed by atoms with Crippen LogP contribution in [0.4, 0.5) is 0 Å². The molecular weight excluding hydrogens is 246 g/mol. The Morgan fingerprint density at radius 3 is 2.63 bits per heavy atom. The van der Waals surface area contributed by atoms with Gasteiger partial charge in [-0.05, 0) is 30.9 Å². The fourth-order valence-electron chi connectivity index (χ4n) is 2.56. The second kappa shape index (κ2) is 5.75. The van der Waals surface area contributed by atoms with Gasteiger partial charge >= 0.3 is 0 Å². The number of amides is 1. The normalized spacial score (nSPS) is 20.6. The van der Waals surface area contributed by atoms with Gasteiger partial charge in [-0.3, -0.25) is 4.79 Å². The van der Waals surface area contributed by atoms with Crippen molar-refractivity contribution in [2.24, 2.45) is 0 Å². The van der Waals surface area contributed by atoms with Crippen LogP contribution < -0.4 is 5.32 Å². The van der Waals surface area contributed by atoms with Gasteiger partial charge in [-0.1, -0.05) is 0 Å². The maximum absolute atomic E-state index is 12.1. The Bertz CT molecular complexity index is 423. The lowest BCUT2D eigenvalue weighted by atomic mass is 9.99. The van der Waals surface area contributed by atoms with Crippen molar-refractivity contribution in [1.29, 1.82) is 0 Å². The molecule has 0 bridgehead atoms. The minimum absolute atomic E-state index is 0.0999. The van der Waals surface area contributed by atoms with Gasteiger partial charge in [0.2, 0.25) is 0 Å². The quantitative estimate of drug-likeness (QED) is 0.875. The average molecular weight is 265 g/mol. The van der Waals surface area contributed by atoms with Crippen LogP contribution in [0.2, 0.25) is 0 Å². The van der Waals surface area contributed by atoms with Crippen molar-refractivity contribution in [3.8, 4) is 0 Å². The van der Waals surface area contributed by atoms with Crippen LogP contribution in [0.15, 0.2) is 10.5 Å². The molecule has 3 rings (SSSR count). The predicted molar refractivity (Wildman–Crippen MR) is 68.2 cm³/mol. The summed E-state index contributed by atoms with van der Waals surface area (Å²) in [6.07, 6.45) is 4.28. The Morgan fingerprint density at radius 2 is 1.89 bits per heavy atom. The Labute approximate surface area is 112 Å². The molecule has 1 aliphatic heterocycles. The number of nitrogens with one attached hydrogen (secondary N) is 1. The lowest BCUT2D eigenvalue weighted by Crippen LogP contribution is -2.40. The molecule has 1 N–H and O–H groups in total. The van der Waals surface area contributed by atoms with E-state index in [1.807, 2.05) is 6.07 Å². The van der Waals surface area contributed by atoms with E-state index in [9.17, 15) is 4.79 Å². The van der Waals surface area contributed by atoms with Gasteiger partial charge in [-0.15, -0.1) is 0 Å². The maximum atomic E-state index is 12.1. The summed E-state index contributed by atoms with van der Waals surface area (Å²) in [5, 5.41) is 2.90. The van der Waals surface area contributed by atoms with Crippen molar-refractivity contribution in [2.75, 3.05) is 26.4 Å². The molecule has 104 valence electrons. The Morgan fingerprint density at radius 1 is 1.16 bits per heavy atom. The van der Waals surface area contributed by atoms with Gasteiger partial charge in [0.25, 0.3) is 5.91 Å². The number of hydrogen-bond acceptors (Lipinski definition) is 4. The summed E-state index contributed by atoms with van der Waals surface area (Å²) >= 11 is 0. The van der Waals surface area contributed by atoms with Gasteiger partial charge < -0.3 is 19.2 Å². The number of rotatable bonds is 2. The molecule has 0 spiro atoms. The first-order valence-corrected chi connectivity index (χ1v) is 6.91. The Balaban J connectivity index is 1.64. The van der Waals surface area contributed by atoms with Gasteiger partial charge in [0.15, 0.2) is 5.76 Å². The molecule has 0 radical (unpaired) electrons. The third kappa shape index (κ3) is 2.98. The van der Waals surface area contributed by atoms with Crippen LogP contribution in [0, 0.1) is 0 Å². The number of hydrogen-bond donors (Lipinski definition) is 1. The summed E-state index contributed by atoms with van der Waals surface area (Å²) in [5.41, 5.74) is 1.18. The summed E-state index contributed by atoms with van der Waals surface area (Å²) in [6.45, 7) is 2.15. The zero-order valence-electron chi connectivity index (χ0n) is 10.9. The van der Waals surface area contributed by atoms with Gasteiger partial charge in [0, 0.05) is 6.42 Å². The van der Waals surface area contributed by atoms with Crippen molar-refractivity contribution >= 4 is 5.91 Å². The van der Waals surface area contributed by atoms with E-state index >= 15 is 0 Å². The standard InChI is InChI=1S/C14H19NO4/c16-14(15-11-8-17-5-6-18-9-11)13-7-10-3-1-2-4-12(10)19-13/h7,11H,1-6,8-9H2,(H,15,16). The molecule has 2 heterocycles. The first kappa shape index (κ1) is 12.7. The zero-order chi connectivity index (χ0) is 13.1. The molecule has 1 aliphatic carbocycles. The van der Waals surface area contributed by atoms with Crippen LogP contribution >= 0.6 is 0 Å². The number of carbonyl (C=O) groups excluding carboxylic acids is 1. The lowest BCUT2D eigenvalue weighted by Gasteiger charge is -2.14. The predicted octanol–water partition coefficient (Wildman–Crippen LogP) is 1.30. The molecule has 5 nitrogen and oxygen atoms in total. The van der Waals surface area contributed by atoms with Crippen LogP contribution in [-0.4, -0.2) is 38.4 Å². The molecule has 2 aliphatic rings. The van der Waals surface area contributed by atoms with Crippen LogP contribution in [0.1, 0.15) is 34.7 Å². The number of carbonyl (C=O) groups is 1. The van der Waals surface area contributed by atoms with Crippen LogP contribution in [-0.2, 0) is 22.3 Å². The first-order chi connectivity index (χ1) is 9.33. The topological polar surface area (TPSA) is 60.7 Å². The summed E-state index contributed by atoms with van der Waals surface area (Å²) in [4.78, 5) is 12.1.